The Bertz CT molecular complexity index is 744. The highest BCUT2D eigenvalue weighted by molar-refractivity contribution is 9.10. The number of nitrogens with zero attached hydrogens (tertiary/aromatic N) is 5. The maximum absolute atomic E-state index is 12.6. The van der Waals surface area contributed by atoms with Crippen molar-refractivity contribution in [2.45, 2.75) is 46.6 Å². The molecule has 1 amide bonds. The first-order chi connectivity index (χ1) is 11.3. The van der Waals surface area contributed by atoms with Crippen LogP contribution in [0.5, 0.6) is 0 Å². The molecule has 0 aliphatic carbocycles. The minimum atomic E-state index is -0.0506. The molecule has 0 radical (unpaired) electrons. The summed E-state index contributed by atoms with van der Waals surface area (Å²) in [5.74, 6) is -0.0506. The molecule has 1 aliphatic heterocycles. The van der Waals surface area contributed by atoms with E-state index in [2.05, 4.69) is 26.1 Å². The number of carbonyl (C=O) groups excluding carboxylic acids is 1. The fourth-order valence-electron chi connectivity index (χ4n) is 3.01. The molecule has 3 heterocycles. The van der Waals surface area contributed by atoms with Crippen LogP contribution >= 0.6 is 15.9 Å². The predicted molar refractivity (Wildman–Crippen MR) is 92.9 cm³/mol. The highest BCUT2D eigenvalue weighted by Crippen LogP contribution is 2.20. The first kappa shape index (κ1) is 17.2. The van der Waals surface area contributed by atoms with Gasteiger partial charge in [-0.3, -0.25) is 9.48 Å². The lowest BCUT2D eigenvalue weighted by Gasteiger charge is -2.34. The van der Waals surface area contributed by atoms with Gasteiger partial charge in [0.05, 0.1) is 28.1 Å². The summed E-state index contributed by atoms with van der Waals surface area (Å²) in [6.45, 7) is 9.58. The Morgan fingerprint density at radius 2 is 1.96 bits per heavy atom. The molecule has 0 unspecified atom stereocenters. The summed E-state index contributed by atoms with van der Waals surface area (Å²) >= 11 is 3.52. The molecule has 0 aromatic carbocycles. The van der Waals surface area contributed by atoms with Gasteiger partial charge in [-0.1, -0.05) is 0 Å². The van der Waals surface area contributed by atoms with Crippen molar-refractivity contribution in [3.05, 3.63) is 33.8 Å². The molecular formula is C16H22BrN5O2. The van der Waals surface area contributed by atoms with Crippen LogP contribution in [-0.2, 0) is 11.4 Å². The molecule has 0 saturated carbocycles. The van der Waals surface area contributed by atoms with Crippen LogP contribution in [0.4, 0.5) is 0 Å². The minimum Gasteiger partial charge on any atom is -0.372 e. The third-order valence-electron chi connectivity index (χ3n) is 4.14. The van der Waals surface area contributed by atoms with Gasteiger partial charge in [-0.25, -0.2) is 4.68 Å². The molecule has 0 spiro atoms. The largest absolute Gasteiger partial charge is 0.372 e. The summed E-state index contributed by atoms with van der Waals surface area (Å²) in [5, 5.41) is 8.89. The van der Waals surface area contributed by atoms with Crippen LogP contribution in [0.3, 0.4) is 0 Å². The first-order valence-electron chi connectivity index (χ1n) is 8.03. The highest BCUT2D eigenvalue weighted by Gasteiger charge is 2.27. The summed E-state index contributed by atoms with van der Waals surface area (Å²) < 4.78 is 10.3. The van der Waals surface area contributed by atoms with Crippen molar-refractivity contribution in [1.29, 1.82) is 0 Å². The number of hydrogen-bond donors (Lipinski definition) is 0. The number of halogens is 1. The van der Waals surface area contributed by atoms with E-state index >= 15 is 0 Å². The molecule has 0 bridgehead atoms. The van der Waals surface area contributed by atoms with Gasteiger partial charge in [0.1, 0.15) is 12.4 Å². The quantitative estimate of drug-likeness (QED) is 0.798. The Morgan fingerprint density at radius 3 is 2.54 bits per heavy atom. The van der Waals surface area contributed by atoms with Gasteiger partial charge >= 0.3 is 0 Å². The van der Waals surface area contributed by atoms with Gasteiger partial charge < -0.3 is 9.64 Å². The molecule has 3 rings (SSSR count). The number of aryl methyl sites for hydroxylation is 1. The highest BCUT2D eigenvalue weighted by atomic mass is 79.9. The van der Waals surface area contributed by atoms with Crippen LogP contribution in [0.25, 0.3) is 0 Å². The number of carbonyl (C=O) groups is 1. The smallest absolute Gasteiger partial charge is 0.274 e. The van der Waals surface area contributed by atoms with Gasteiger partial charge in [-0.05, 0) is 49.7 Å². The predicted octanol–water partition coefficient (Wildman–Crippen LogP) is 2.21. The Hall–Kier alpha value is -1.67. The molecule has 1 fully saturated rings. The standard InChI is InChI=1S/C16H22BrN5O2/c1-10-7-20(8-11(2)24-10)16(23)14-5-6-21(19-14)9-22-13(4)15(17)12(3)18-22/h5-6,10-11H,7-9H2,1-4H3/t10-,11-/m0/s1. The van der Waals surface area contributed by atoms with Crippen molar-refractivity contribution in [3.63, 3.8) is 0 Å². The SMILES string of the molecule is Cc1nn(Cn2ccc(C(=O)N3C[C@H](C)O[C@@H](C)C3)n2)c(C)c1Br. The number of ether oxygens (including phenoxy) is 1. The number of hydrogen-bond acceptors (Lipinski definition) is 4. The van der Waals surface area contributed by atoms with Crippen molar-refractivity contribution in [2.24, 2.45) is 0 Å². The van der Waals surface area contributed by atoms with Crippen LogP contribution in [0.1, 0.15) is 35.7 Å². The van der Waals surface area contributed by atoms with Crippen molar-refractivity contribution >= 4 is 21.8 Å². The molecular weight excluding hydrogens is 374 g/mol. The second kappa shape index (κ2) is 6.68. The van der Waals surface area contributed by atoms with Crippen molar-refractivity contribution in [3.8, 4) is 0 Å². The van der Waals surface area contributed by atoms with E-state index in [1.807, 2.05) is 43.5 Å². The van der Waals surface area contributed by atoms with E-state index in [1.165, 1.54) is 0 Å². The van der Waals surface area contributed by atoms with Crippen LogP contribution in [0, 0.1) is 13.8 Å². The molecule has 8 heteroatoms. The molecule has 130 valence electrons. The second-order valence-electron chi connectivity index (χ2n) is 6.33. The fourth-order valence-corrected chi connectivity index (χ4v) is 3.29. The Kier molecular flexibility index (Phi) is 4.78. The Labute approximate surface area is 149 Å². The van der Waals surface area contributed by atoms with Crippen molar-refractivity contribution < 1.29 is 9.53 Å². The van der Waals surface area contributed by atoms with E-state index in [-0.39, 0.29) is 18.1 Å². The van der Waals surface area contributed by atoms with Gasteiger partial charge in [0.2, 0.25) is 0 Å². The Balaban J connectivity index is 1.73. The summed E-state index contributed by atoms with van der Waals surface area (Å²) in [6.07, 6.45) is 1.91. The van der Waals surface area contributed by atoms with Gasteiger partial charge in [0.15, 0.2) is 0 Å². The zero-order valence-electron chi connectivity index (χ0n) is 14.4. The molecule has 0 N–H and O–H groups in total. The van der Waals surface area contributed by atoms with E-state index in [0.717, 1.165) is 15.9 Å². The minimum absolute atomic E-state index is 0.0480. The zero-order chi connectivity index (χ0) is 17.4. The molecule has 7 nitrogen and oxygen atoms in total. The number of rotatable bonds is 3. The monoisotopic (exact) mass is 395 g/mol. The maximum Gasteiger partial charge on any atom is 0.274 e. The van der Waals surface area contributed by atoms with E-state index in [1.54, 1.807) is 10.7 Å². The molecule has 2 aromatic rings. The van der Waals surface area contributed by atoms with Gasteiger partial charge in [0.25, 0.3) is 5.91 Å². The normalized spacial score (nSPS) is 21.3. The van der Waals surface area contributed by atoms with Gasteiger partial charge in [0, 0.05) is 19.3 Å². The summed E-state index contributed by atoms with van der Waals surface area (Å²) in [6, 6.07) is 1.76. The lowest BCUT2D eigenvalue weighted by atomic mass is 10.2. The van der Waals surface area contributed by atoms with E-state index in [9.17, 15) is 4.79 Å². The van der Waals surface area contributed by atoms with Gasteiger partial charge in [-0.15, -0.1) is 0 Å². The van der Waals surface area contributed by atoms with E-state index in [4.69, 9.17) is 4.74 Å². The summed E-state index contributed by atoms with van der Waals surface area (Å²) in [7, 11) is 0. The lowest BCUT2D eigenvalue weighted by Crippen LogP contribution is -2.48. The van der Waals surface area contributed by atoms with Crippen LogP contribution in [0.15, 0.2) is 16.7 Å². The average molecular weight is 396 g/mol. The topological polar surface area (TPSA) is 65.2 Å². The third kappa shape index (κ3) is 3.39. The lowest BCUT2D eigenvalue weighted by molar-refractivity contribution is -0.0587. The van der Waals surface area contributed by atoms with Crippen molar-refractivity contribution in [2.75, 3.05) is 13.1 Å². The molecule has 1 aliphatic rings. The number of aromatic nitrogens is 4. The van der Waals surface area contributed by atoms with E-state index < -0.39 is 0 Å². The van der Waals surface area contributed by atoms with Crippen molar-refractivity contribution in [1.82, 2.24) is 24.5 Å². The number of morpholine rings is 1. The number of amides is 1. The molecule has 24 heavy (non-hydrogen) atoms. The molecule has 2 atom stereocenters. The zero-order valence-corrected chi connectivity index (χ0v) is 15.9. The van der Waals surface area contributed by atoms with Crippen LogP contribution in [-0.4, -0.2) is 55.7 Å². The molecule has 1 saturated heterocycles. The van der Waals surface area contributed by atoms with Crippen LogP contribution < -0.4 is 0 Å². The first-order valence-corrected chi connectivity index (χ1v) is 8.82. The fraction of sp³-hybridized carbons (Fsp3) is 0.562. The Morgan fingerprint density at radius 1 is 1.29 bits per heavy atom. The maximum atomic E-state index is 12.6. The third-order valence-corrected chi connectivity index (χ3v) is 5.29. The summed E-state index contributed by atoms with van der Waals surface area (Å²) in [5.41, 5.74) is 2.43. The van der Waals surface area contributed by atoms with E-state index in [0.29, 0.717) is 25.5 Å². The average Bonchev–Trinajstić information content (AvgIpc) is 3.07. The molecule has 2 aromatic heterocycles. The second-order valence-corrected chi connectivity index (χ2v) is 7.13. The summed E-state index contributed by atoms with van der Waals surface area (Å²) in [4.78, 5) is 14.5. The van der Waals surface area contributed by atoms with Gasteiger partial charge in [-0.2, -0.15) is 10.2 Å². The van der Waals surface area contributed by atoms with Crippen LogP contribution in [0.2, 0.25) is 0 Å².